The van der Waals surface area contributed by atoms with Crippen LogP contribution >= 0.6 is 22.6 Å². The number of benzene rings is 1. The Balaban J connectivity index is 1.84. The minimum absolute atomic E-state index is 0.585. The lowest BCUT2D eigenvalue weighted by molar-refractivity contribution is 0.797. The van der Waals surface area contributed by atoms with Gasteiger partial charge >= 0.3 is 0 Å². The van der Waals surface area contributed by atoms with E-state index >= 15 is 0 Å². The van der Waals surface area contributed by atoms with Crippen LogP contribution in [0.25, 0.3) is 10.9 Å². The van der Waals surface area contributed by atoms with Gasteiger partial charge in [0.15, 0.2) is 0 Å². The summed E-state index contributed by atoms with van der Waals surface area (Å²) in [6, 6.07) is 6.08. The summed E-state index contributed by atoms with van der Waals surface area (Å²) in [5.41, 5.74) is 2.04. The molecule has 0 saturated carbocycles. The molecule has 2 heterocycles. The molecule has 0 aliphatic heterocycles. The number of rotatable bonds is 5. The first-order valence-electron chi connectivity index (χ1n) is 7.12. The smallest absolute Gasteiger partial charge is 0.229 e. The summed E-state index contributed by atoms with van der Waals surface area (Å²) in [6.45, 7) is 3.03. The summed E-state index contributed by atoms with van der Waals surface area (Å²) < 4.78 is 2.87. The maximum absolute atomic E-state index is 4.53. The van der Waals surface area contributed by atoms with Crippen LogP contribution in [-0.2, 0) is 7.05 Å². The van der Waals surface area contributed by atoms with Gasteiger partial charge in [0.2, 0.25) is 5.95 Å². The van der Waals surface area contributed by atoms with E-state index in [-0.39, 0.29) is 0 Å². The first kappa shape index (κ1) is 15.0. The van der Waals surface area contributed by atoms with Gasteiger partial charge < -0.3 is 10.6 Å². The normalized spacial score (nSPS) is 10.9. The standard InChI is InChI=1S/C15H17IN6/c1-3-6-17-14-12(16)9-18-15(21-14)20-11-4-5-13-10(7-11)8-19-22(13)2/h4-5,7-9H,3,6H2,1-2H3,(H2,17,18,20,21). The second-order valence-electron chi connectivity index (χ2n) is 4.98. The van der Waals surface area contributed by atoms with Gasteiger partial charge in [-0.1, -0.05) is 6.92 Å². The third kappa shape index (κ3) is 3.13. The molecule has 0 fully saturated rings. The van der Waals surface area contributed by atoms with Crippen molar-refractivity contribution in [3.63, 3.8) is 0 Å². The third-order valence-electron chi connectivity index (χ3n) is 3.29. The average molecular weight is 408 g/mol. The van der Waals surface area contributed by atoms with Crippen LogP contribution in [0.5, 0.6) is 0 Å². The highest BCUT2D eigenvalue weighted by Gasteiger charge is 2.06. The number of hydrogen-bond donors (Lipinski definition) is 2. The molecule has 22 heavy (non-hydrogen) atoms. The molecule has 0 radical (unpaired) electrons. The van der Waals surface area contributed by atoms with Crippen molar-refractivity contribution in [2.75, 3.05) is 17.2 Å². The van der Waals surface area contributed by atoms with Crippen molar-refractivity contribution in [2.45, 2.75) is 13.3 Å². The highest BCUT2D eigenvalue weighted by atomic mass is 127. The molecule has 0 spiro atoms. The van der Waals surface area contributed by atoms with E-state index in [0.29, 0.717) is 5.95 Å². The lowest BCUT2D eigenvalue weighted by Crippen LogP contribution is -2.06. The van der Waals surface area contributed by atoms with Crippen LogP contribution < -0.4 is 10.6 Å². The Morgan fingerprint density at radius 2 is 2.14 bits per heavy atom. The summed E-state index contributed by atoms with van der Waals surface area (Å²) in [5, 5.41) is 11.9. The molecule has 7 heteroatoms. The molecule has 0 aliphatic rings. The number of nitrogens with zero attached hydrogens (tertiary/aromatic N) is 4. The Labute approximate surface area is 142 Å². The summed E-state index contributed by atoms with van der Waals surface area (Å²) >= 11 is 2.24. The maximum Gasteiger partial charge on any atom is 0.229 e. The van der Waals surface area contributed by atoms with Gasteiger partial charge in [0.1, 0.15) is 5.82 Å². The summed E-state index contributed by atoms with van der Waals surface area (Å²) in [6.07, 6.45) is 4.72. The van der Waals surface area contributed by atoms with Crippen molar-refractivity contribution < 1.29 is 0 Å². The van der Waals surface area contributed by atoms with Crippen LogP contribution in [0.2, 0.25) is 0 Å². The molecule has 0 atom stereocenters. The first-order valence-corrected chi connectivity index (χ1v) is 8.20. The molecule has 114 valence electrons. The Morgan fingerprint density at radius 3 is 2.95 bits per heavy atom. The van der Waals surface area contributed by atoms with Gasteiger partial charge in [0.05, 0.1) is 15.3 Å². The van der Waals surface area contributed by atoms with Crippen molar-refractivity contribution in [1.29, 1.82) is 0 Å². The predicted molar refractivity (Wildman–Crippen MR) is 97.5 cm³/mol. The molecule has 0 saturated heterocycles. The van der Waals surface area contributed by atoms with E-state index in [0.717, 1.165) is 38.9 Å². The van der Waals surface area contributed by atoms with Crippen LogP contribution in [0, 0.1) is 3.57 Å². The zero-order valence-corrected chi connectivity index (χ0v) is 14.6. The van der Waals surface area contributed by atoms with E-state index in [9.17, 15) is 0 Å². The predicted octanol–water partition coefficient (Wildman–Crippen LogP) is 3.53. The largest absolute Gasteiger partial charge is 0.369 e. The zero-order valence-electron chi connectivity index (χ0n) is 12.5. The third-order valence-corrected chi connectivity index (χ3v) is 4.08. The molecule has 3 rings (SSSR count). The average Bonchev–Trinajstić information content (AvgIpc) is 2.89. The Hall–Kier alpha value is -1.90. The highest BCUT2D eigenvalue weighted by molar-refractivity contribution is 14.1. The molecule has 2 aromatic heterocycles. The molecule has 2 N–H and O–H groups in total. The van der Waals surface area contributed by atoms with Crippen LogP contribution in [-0.4, -0.2) is 26.3 Å². The van der Waals surface area contributed by atoms with Crippen LogP contribution in [0.4, 0.5) is 17.5 Å². The van der Waals surface area contributed by atoms with E-state index in [1.54, 1.807) is 0 Å². The molecule has 0 aliphatic carbocycles. The second-order valence-corrected chi connectivity index (χ2v) is 6.15. The molecule has 0 amide bonds. The molecule has 1 aromatic carbocycles. The van der Waals surface area contributed by atoms with Gasteiger partial charge in [0, 0.05) is 30.9 Å². The molecule has 0 bridgehead atoms. The molecular formula is C15H17IN6. The van der Waals surface area contributed by atoms with E-state index in [2.05, 4.69) is 55.2 Å². The number of hydrogen-bond acceptors (Lipinski definition) is 5. The molecule has 6 nitrogen and oxygen atoms in total. The number of nitrogens with one attached hydrogen (secondary N) is 2. The molecular weight excluding hydrogens is 391 g/mol. The van der Waals surface area contributed by atoms with Crippen molar-refractivity contribution >= 4 is 50.9 Å². The molecule has 0 unspecified atom stereocenters. The summed E-state index contributed by atoms with van der Waals surface area (Å²) in [7, 11) is 1.93. The minimum Gasteiger partial charge on any atom is -0.369 e. The zero-order chi connectivity index (χ0) is 15.5. The SMILES string of the molecule is CCCNc1nc(Nc2ccc3c(cnn3C)c2)ncc1I. The minimum atomic E-state index is 0.585. The number of anilines is 3. The van der Waals surface area contributed by atoms with E-state index in [4.69, 9.17) is 0 Å². The van der Waals surface area contributed by atoms with Gasteiger partial charge in [-0.15, -0.1) is 0 Å². The molecule has 3 aromatic rings. The number of aromatic nitrogens is 4. The summed E-state index contributed by atoms with van der Waals surface area (Å²) in [5.74, 6) is 1.45. The van der Waals surface area contributed by atoms with Crippen molar-refractivity contribution in [3.05, 3.63) is 34.2 Å². The van der Waals surface area contributed by atoms with Crippen molar-refractivity contribution in [3.8, 4) is 0 Å². The number of halogens is 1. The van der Waals surface area contributed by atoms with Gasteiger partial charge in [-0.25, -0.2) is 4.98 Å². The second kappa shape index (κ2) is 6.47. The fourth-order valence-electron chi connectivity index (χ4n) is 2.17. The van der Waals surface area contributed by atoms with Gasteiger partial charge in [-0.05, 0) is 47.2 Å². The monoisotopic (exact) mass is 408 g/mol. The lowest BCUT2D eigenvalue weighted by Gasteiger charge is -2.09. The Bertz CT molecular complexity index is 798. The fourth-order valence-corrected chi connectivity index (χ4v) is 2.62. The van der Waals surface area contributed by atoms with Crippen LogP contribution in [0.3, 0.4) is 0 Å². The van der Waals surface area contributed by atoms with Crippen molar-refractivity contribution in [1.82, 2.24) is 19.7 Å². The number of fused-ring (bicyclic) bond motifs is 1. The Kier molecular flexibility index (Phi) is 4.41. The van der Waals surface area contributed by atoms with Gasteiger partial charge in [-0.2, -0.15) is 10.1 Å². The van der Waals surface area contributed by atoms with Gasteiger partial charge in [-0.3, -0.25) is 4.68 Å². The van der Waals surface area contributed by atoms with E-state index in [1.807, 2.05) is 42.3 Å². The summed E-state index contributed by atoms with van der Waals surface area (Å²) in [4.78, 5) is 8.87. The van der Waals surface area contributed by atoms with Crippen molar-refractivity contribution in [2.24, 2.45) is 7.05 Å². The van der Waals surface area contributed by atoms with Crippen LogP contribution in [0.15, 0.2) is 30.6 Å². The highest BCUT2D eigenvalue weighted by Crippen LogP contribution is 2.22. The van der Waals surface area contributed by atoms with Gasteiger partial charge in [0.25, 0.3) is 0 Å². The van der Waals surface area contributed by atoms with E-state index in [1.165, 1.54) is 0 Å². The first-order chi connectivity index (χ1) is 10.7. The quantitative estimate of drug-likeness (QED) is 0.633. The Morgan fingerprint density at radius 1 is 1.27 bits per heavy atom. The van der Waals surface area contributed by atoms with E-state index < -0.39 is 0 Å². The maximum atomic E-state index is 4.53. The topological polar surface area (TPSA) is 67.7 Å². The number of aryl methyl sites for hydroxylation is 1. The fraction of sp³-hybridized carbons (Fsp3) is 0.267. The van der Waals surface area contributed by atoms with Crippen LogP contribution in [0.1, 0.15) is 13.3 Å². The lowest BCUT2D eigenvalue weighted by atomic mass is 10.2.